The topological polar surface area (TPSA) is 43.6 Å². The van der Waals surface area contributed by atoms with Crippen LogP contribution in [0.15, 0.2) is 170 Å². The van der Waals surface area contributed by atoms with Crippen LogP contribution in [-0.4, -0.2) is 19.5 Å². The summed E-state index contributed by atoms with van der Waals surface area (Å²) in [5, 5.41) is 9.59. The van der Waals surface area contributed by atoms with Crippen molar-refractivity contribution in [2.45, 2.75) is 0 Å². The molecule has 52 heavy (non-hydrogen) atoms. The van der Waals surface area contributed by atoms with E-state index in [9.17, 15) is 0 Å². The number of hydrogen-bond donors (Lipinski definition) is 0. The molecule has 0 aliphatic heterocycles. The first-order valence-corrected chi connectivity index (χ1v) is 18.3. The van der Waals surface area contributed by atoms with Crippen molar-refractivity contribution < 1.29 is 0 Å². The van der Waals surface area contributed by atoms with E-state index in [4.69, 9.17) is 15.0 Å². The van der Waals surface area contributed by atoms with Crippen molar-refractivity contribution in [3.63, 3.8) is 0 Å². The lowest BCUT2D eigenvalue weighted by atomic mass is 10.0. The molecule has 0 saturated heterocycles. The van der Waals surface area contributed by atoms with Gasteiger partial charge >= 0.3 is 0 Å². The molecule has 4 nitrogen and oxygen atoms in total. The van der Waals surface area contributed by atoms with Crippen molar-refractivity contribution in [2.75, 3.05) is 0 Å². The zero-order chi connectivity index (χ0) is 34.2. The van der Waals surface area contributed by atoms with E-state index in [1.54, 1.807) is 11.3 Å². The van der Waals surface area contributed by atoms with Crippen molar-refractivity contribution in [3.05, 3.63) is 170 Å². The first-order valence-electron chi connectivity index (χ1n) is 17.5. The number of nitrogens with zero attached hydrogens (tertiary/aromatic N) is 4. The molecule has 5 heteroatoms. The van der Waals surface area contributed by atoms with Gasteiger partial charge in [-0.1, -0.05) is 133 Å². The van der Waals surface area contributed by atoms with Crippen LogP contribution in [0.1, 0.15) is 0 Å². The van der Waals surface area contributed by atoms with E-state index in [-0.39, 0.29) is 0 Å². The van der Waals surface area contributed by atoms with Crippen LogP contribution >= 0.6 is 11.3 Å². The van der Waals surface area contributed by atoms with Gasteiger partial charge < -0.3 is 4.57 Å². The Morgan fingerprint density at radius 1 is 0.385 bits per heavy atom. The minimum Gasteiger partial charge on any atom is -0.308 e. The van der Waals surface area contributed by atoms with E-state index >= 15 is 0 Å². The number of hydrogen-bond acceptors (Lipinski definition) is 4. The standard InChI is InChI=1S/C47H28N4S/c1-2-14-30(15-3-1)45-48-46(50-47(49-45)38-22-12-21-36-35-20-9-11-24-42(35)52-44(36)38)37-26-25-29-13-6-7-18-33(29)43(37)51-40-23-10-8-19-34(40)39-27-31-16-4-5-17-32(31)28-41(39)51/h1-28H. The summed E-state index contributed by atoms with van der Waals surface area (Å²) >= 11 is 1.79. The van der Waals surface area contributed by atoms with E-state index in [1.807, 2.05) is 18.2 Å². The molecule has 0 bridgehead atoms. The highest BCUT2D eigenvalue weighted by Crippen LogP contribution is 2.43. The molecule has 0 radical (unpaired) electrons. The largest absolute Gasteiger partial charge is 0.308 e. The maximum absolute atomic E-state index is 5.38. The molecule has 0 aliphatic rings. The Balaban J connectivity index is 1.26. The third-order valence-electron chi connectivity index (χ3n) is 10.2. The summed E-state index contributed by atoms with van der Waals surface area (Å²) in [4.78, 5) is 15.8. The van der Waals surface area contributed by atoms with Gasteiger partial charge in [0, 0.05) is 53.0 Å². The molecule has 0 unspecified atom stereocenters. The lowest BCUT2D eigenvalue weighted by Crippen LogP contribution is -2.04. The van der Waals surface area contributed by atoms with Gasteiger partial charge in [0.15, 0.2) is 17.5 Å². The first-order chi connectivity index (χ1) is 25.8. The smallest absolute Gasteiger partial charge is 0.166 e. The molecule has 3 aromatic heterocycles. The predicted octanol–water partition coefficient (Wildman–Crippen LogP) is 12.6. The highest BCUT2D eigenvalue weighted by Gasteiger charge is 2.22. The number of benzene rings is 8. The van der Waals surface area contributed by atoms with Gasteiger partial charge in [0.05, 0.1) is 16.7 Å². The molecule has 0 amide bonds. The van der Waals surface area contributed by atoms with Crippen LogP contribution in [0, 0.1) is 0 Å². The Hall–Kier alpha value is -6.69. The zero-order valence-corrected chi connectivity index (χ0v) is 28.7. The van der Waals surface area contributed by atoms with E-state index in [1.165, 1.54) is 41.7 Å². The van der Waals surface area contributed by atoms with Gasteiger partial charge in [-0.3, -0.25) is 0 Å². The third kappa shape index (κ3) is 4.43. The van der Waals surface area contributed by atoms with Crippen LogP contribution in [0.25, 0.3) is 103 Å². The van der Waals surface area contributed by atoms with E-state index < -0.39 is 0 Å². The quantitative estimate of drug-likeness (QED) is 0.186. The van der Waals surface area contributed by atoms with Gasteiger partial charge in [-0.05, 0) is 52.6 Å². The lowest BCUT2D eigenvalue weighted by molar-refractivity contribution is 1.07. The molecular formula is C47H28N4S. The second-order valence-electron chi connectivity index (χ2n) is 13.2. The maximum atomic E-state index is 5.38. The van der Waals surface area contributed by atoms with Crippen molar-refractivity contribution in [1.82, 2.24) is 19.5 Å². The maximum Gasteiger partial charge on any atom is 0.166 e. The Bertz CT molecular complexity index is 3190. The molecule has 0 fully saturated rings. The zero-order valence-electron chi connectivity index (χ0n) is 27.9. The molecule has 0 atom stereocenters. The number of fused-ring (bicyclic) bond motifs is 8. The fraction of sp³-hybridized carbons (Fsp3) is 0. The average Bonchev–Trinajstić information content (AvgIpc) is 3.75. The van der Waals surface area contributed by atoms with Gasteiger partial charge in [-0.25, -0.2) is 15.0 Å². The van der Waals surface area contributed by atoms with Crippen LogP contribution in [0.3, 0.4) is 0 Å². The first kappa shape index (κ1) is 29.1. The van der Waals surface area contributed by atoms with Gasteiger partial charge in [0.25, 0.3) is 0 Å². The Morgan fingerprint density at radius 2 is 1.02 bits per heavy atom. The Morgan fingerprint density at radius 3 is 1.87 bits per heavy atom. The van der Waals surface area contributed by atoms with E-state index in [0.29, 0.717) is 17.5 Å². The average molecular weight is 681 g/mol. The van der Waals surface area contributed by atoms with Crippen LogP contribution in [0.5, 0.6) is 0 Å². The number of para-hydroxylation sites is 1. The molecule has 11 aromatic rings. The fourth-order valence-electron chi connectivity index (χ4n) is 7.83. The number of thiophene rings is 1. The molecule has 0 saturated carbocycles. The monoisotopic (exact) mass is 680 g/mol. The summed E-state index contributed by atoms with van der Waals surface area (Å²) in [5.74, 6) is 1.94. The van der Waals surface area contributed by atoms with Crippen LogP contribution in [0.4, 0.5) is 0 Å². The molecule has 3 heterocycles. The Labute approximate surface area is 302 Å². The SMILES string of the molecule is c1ccc(-c2nc(-c3ccc4ccccc4c3-n3c4ccccc4c4cc5ccccc5cc43)nc(-c3cccc4c3sc3ccccc34)n2)cc1. The van der Waals surface area contributed by atoms with Crippen LogP contribution < -0.4 is 0 Å². The number of rotatable bonds is 4. The third-order valence-corrected chi connectivity index (χ3v) is 11.4. The van der Waals surface area contributed by atoms with Crippen molar-refractivity contribution in [2.24, 2.45) is 0 Å². The van der Waals surface area contributed by atoms with E-state index in [2.05, 4.69) is 156 Å². The summed E-state index contributed by atoms with van der Waals surface area (Å²) in [6, 6.07) is 60.3. The molecule has 11 rings (SSSR count). The molecular weight excluding hydrogens is 653 g/mol. The van der Waals surface area contributed by atoms with Gasteiger partial charge in [0.2, 0.25) is 0 Å². The highest BCUT2D eigenvalue weighted by atomic mass is 32.1. The molecule has 8 aromatic carbocycles. The van der Waals surface area contributed by atoms with E-state index in [0.717, 1.165) is 44.2 Å². The Kier molecular flexibility index (Phi) is 6.39. The van der Waals surface area contributed by atoms with Crippen LogP contribution in [-0.2, 0) is 0 Å². The second-order valence-corrected chi connectivity index (χ2v) is 14.3. The van der Waals surface area contributed by atoms with Gasteiger partial charge in [0.1, 0.15) is 0 Å². The summed E-state index contributed by atoms with van der Waals surface area (Å²) in [5.41, 5.74) is 6.23. The molecule has 0 aliphatic carbocycles. The second kappa shape index (κ2) is 11.4. The number of aromatic nitrogens is 4. The molecule has 0 N–H and O–H groups in total. The summed E-state index contributed by atoms with van der Waals surface area (Å²) < 4.78 is 4.85. The summed E-state index contributed by atoms with van der Waals surface area (Å²) in [7, 11) is 0. The minimum atomic E-state index is 0.634. The summed E-state index contributed by atoms with van der Waals surface area (Å²) in [6.07, 6.45) is 0. The van der Waals surface area contributed by atoms with Crippen molar-refractivity contribution in [3.8, 4) is 39.9 Å². The predicted molar refractivity (Wildman–Crippen MR) is 218 cm³/mol. The fourth-order valence-corrected chi connectivity index (χ4v) is 9.04. The summed E-state index contributed by atoms with van der Waals surface area (Å²) in [6.45, 7) is 0. The lowest BCUT2D eigenvalue weighted by Gasteiger charge is -2.17. The van der Waals surface area contributed by atoms with Crippen LogP contribution in [0.2, 0.25) is 0 Å². The highest BCUT2D eigenvalue weighted by molar-refractivity contribution is 7.26. The van der Waals surface area contributed by atoms with Crippen molar-refractivity contribution in [1.29, 1.82) is 0 Å². The minimum absolute atomic E-state index is 0.634. The van der Waals surface area contributed by atoms with Crippen molar-refractivity contribution >= 4 is 74.9 Å². The normalized spacial score (nSPS) is 11.8. The van der Waals surface area contributed by atoms with Gasteiger partial charge in [-0.2, -0.15) is 0 Å². The van der Waals surface area contributed by atoms with Gasteiger partial charge in [-0.15, -0.1) is 11.3 Å². The molecule has 242 valence electrons. The molecule has 0 spiro atoms.